The van der Waals surface area contributed by atoms with Gasteiger partial charge in [0.25, 0.3) is 11.6 Å². The number of nitro groups is 1. The zero-order chi connectivity index (χ0) is 21.6. The van der Waals surface area contributed by atoms with Gasteiger partial charge in [-0.3, -0.25) is 14.9 Å². The second kappa shape index (κ2) is 9.18. The number of thioether (sulfide) groups is 1. The fraction of sp³-hybridized carbons (Fsp3) is 0.0476. The van der Waals surface area contributed by atoms with E-state index in [2.05, 4.69) is 20.8 Å². The van der Waals surface area contributed by atoms with Crippen molar-refractivity contribution < 1.29 is 9.72 Å². The lowest BCUT2D eigenvalue weighted by atomic mass is 10.2. The molecule has 1 heterocycles. The fourth-order valence-corrected chi connectivity index (χ4v) is 3.68. The molecule has 0 bridgehead atoms. The van der Waals surface area contributed by atoms with Crippen molar-refractivity contribution in [1.29, 1.82) is 0 Å². The van der Waals surface area contributed by atoms with E-state index in [1.165, 1.54) is 36.0 Å². The molecule has 0 radical (unpaired) electrons. The van der Waals surface area contributed by atoms with Gasteiger partial charge in [0.2, 0.25) is 0 Å². The van der Waals surface area contributed by atoms with Crippen molar-refractivity contribution in [2.45, 2.75) is 10.6 Å². The first-order valence-electron chi connectivity index (χ1n) is 9.21. The van der Waals surface area contributed by atoms with Crippen LogP contribution in [0, 0.1) is 10.1 Å². The summed E-state index contributed by atoms with van der Waals surface area (Å²) in [5.41, 5.74) is 1.78. The van der Waals surface area contributed by atoms with Crippen LogP contribution >= 0.6 is 11.8 Å². The van der Waals surface area contributed by atoms with E-state index in [9.17, 15) is 14.9 Å². The Morgan fingerprint density at radius 2 is 1.81 bits per heavy atom. The molecule has 9 nitrogen and oxygen atoms in total. The molecule has 154 valence electrons. The molecule has 1 N–H and O–H groups in total. The predicted molar refractivity (Wildman–Crippen MR) is 116 cm³/mol. The Labute approximate surface area is 181 Å². The molecule has 0 aliphatic heterocycles. The maximum Gasteiger partial charge on any atom is 0.269 e. The zero-order valence-electron chi connectivity index (χ0n) is 16.1. The molecule has 0 spiro atoms. The van der Waals surface area contributed by atoms with Gasteiger partial charge in [-0.05, 0) is 52.9 Å². The molecule has 4 aromatic rings. The summed E-state index contributed by atoms with van der Waals surface area (Å²) in [6, 6.07) is 22.5. The van der Waals surface area contributed by atoms with Crippen LogP contribution in [0.5, 0.6) is 0 Å². The minimum atomic E-state index is -0.503. The van der Waals surface area contributed by atoms with Crippen LogP contribution < -0.4 is 5.32 Å². The van der Waals surface area contributed by atoms with E-state index in [1.54, 1.807) is 10.7 Å². The summed E-state index contributed by atoms with van der Waals surface area (Å²) in [5.74, 6) is 0.906. The summed E-state index contributed by atoms with van der Waals surface area (Å²) in [6.45, 7) is 0. The first-order valence-corrected chi connectivity index (χ1v) is 10.2. The van der Waals surface area contributed by atoms with E-state index < -0.39 is 4.92 Å². The summed E-state index contributed by atoms with van der Waals surface area (Å²) in [5, 5.41) is 25.5. The minimum Gasteiger partial charge on any atom is -0.322 e. The van der Waals surface area contributed by atoms with Crippen molar-refractivity contribution in [3.05, 3.63) is 100 Å². The molecule has 4 rings (SSSR count). The first-order chi connectivity index (χ1) is 15.1. The van der Waals surface area contributed by atoms with Crippen LogP contribution in [-0.4, -0.2) is 31.0 Å². The van der Waals surface area contributed by atoms with Crippen molar-refractivity contribution in [2.75, 3.05) is 5.32 Å². The Hall–Kier alpha value is -4.05. The number of carbonyl (C=O) groups excluding carboxylic acids is 1. The average Bonchev–Trinajstić information content (AvgIpc) is 3.27. The highest BCUT2D eigenvalue weighted by Gasteiger charge is 2.11. The highest BCUT2D eigenvalue weighted by Crippen LogP contribution is 2.25. The lowest BCUT2D eigenvalue weighted by Gasteiger charge is -2.08. The smallest absolute Gasteiger partial charge is 0.269 e. The van der Waals surface area contributed by atoms with Crippen LogP contribution in [0.3, 0.4) is 0 Å². The number of aromatic nitrogens is 4. The molecule has 0 atom stereocenters. The first kappa shape index (κ1) is 20.2. The number of tetrazole rings is 1. The van der Waals surface area contributed by atoms with Crippen molar-refractivity contribution in [3.63, 3.8) is 0 Å². The third-order valence-electron chi connectivity index (χ3n) is 4.33. The Balaban J connectivity index is 1.42. The number of rotatable bonds is 7. The van der Waals surface area contributed by atoms with Gasteiger partial charge in [0, 0.05) is 28.3 Å². The third kappa shape index (κ3) is 4.93. The van der Waals surface area contributed by atoms with E-state index in [0.29, 0.717) is 22.8 Å². The van der Waals surface area contributed by atoms with E-state index in [4.69, 9.17) is 0 Å². The molecule has 0 saturated carbocycles. The van der Waals surface area contributed by atoms with Gasteiger partial charge in [-0.25, -0.2) is 0 Å². The summed E-state index contributed by atoms with van der Waals surface area (Å²) in [7, 11) is 0. The molecular weight excluding hydrogens is 416 g/mol. The maximum atomic E-state index is 12.4. The predicted octanol–water partition coefficient (Wildman–Crippen LogP) is 4.12. The van der Waals surface area contributed by atoms with Gasteiger partial charge in [0.15, 0.2) is 5.82 Å². The molecule has 0 saturated heterocycles. The summed E-state index contributed by atoms with van der Waals surface area (Å²) in [6.07, 6.45) is 0. The number of para-hydroxylation sites is 1. The topological polar surface area (TPSA) is 116 Å². The largest absolute Gasteiger partial charge is 0.322 e. The van der Waals surface area contributed by atoms with Gasteiger partial charge in [-0.15, -0.1) is 16.9 Å². The van der Waals surface area contributed by atoms with Crippen LogP contribution in [-0.2, 0) is 5.75 Å². The van der Waals surface area contributed by atoms with E-state index in [1.807, 2.05) is 48.5 Å². The molecule has 3 aromatic carbocycles. The number of amides is 1. The van der Waals surface area contributed by atoms with Gasteiger partial charge >= 0.3 is 0 Å². The number of hydrogen-bond acceptors (Lipinski definition) is 7. The van der Waals surface area contributed by atoms with Crippen LogP contribution in [0.2, 0.25) is 0 Å². The Morgan fingerprint density at radius 1 is 1.03 bits per heavy atom. The molecule has 1 amide bonds. The molecule has 0 fully saturated rings. The SMILES string of the molecule is O=C(Nc1cccc(SCc2nnnn2-c2ccccc2)c1)c1ccc([N+](=O)[O-])cc1. The number of anilines is 1. The monoisotopic (exact) mass is 432 g/mol. The third-order valence-corrected chi connectivity index (χ3v) is 5.32. The van der Waals surface area contributed by atoms with Crippen molar-refractivity contribution >= 4 is 29.0 Å². The number of nitrogens with zero attached hydrogens (tertiary/aromatic N) is 5. The van der Waals surface area contributed by atoms with E-state index in [0.717, 1.165) is 10.6 Å². The standard InChI is InChI=1S/C21H16N6O3S/c28-21(15-9-11-18(12-10-15)27(29)30)22-16-5-4-8-19(13-16)31-14-20-23-24-25-26(20)17-6-2-1-3-7-17/h1-13H,14H2,(H,22,28). The number of hydrogen-bond donors (Lipinski definition) is 1. The van der Waals surface area contributed by atoms with Crippen molar-refractivity contribution in [3.8, 4) is 5.69 Å². The Morgan fingerprint density at radius 3 is 2.55 bits per heavy atom. The molecule has 31 heavy (non-hydrogen) atoms. The highest BCUT2D eigenvalue weighted by molar-refractivity contribution is 7.98. The molecule has 0 unspecified atom stereocenters. The van der Waals surface area contributed by atoms with Gasteiger partial charge in [-0.1, -0.05) is 24.3 Å². The number of nitro benzene ring substituents is 1. The second-order valence-corrected chi connectivity index (χ2v) is 7.47. The van der Waals surface area contributed by atoms with Gasteiger partial charge in [0.05, 0.1) is 16.4 Å². The van der Waals surface area contributed by atoms with Crippen LogP contribution in [0.25, 0.3) is 5.69 Å². The minimum absolute atomic E-state index is 0.0622. The number of benzene rings is 3. The summed E-state index contributed by atoms with van der Waals surface area (Å²) >= 11 is 1.54. The van der Waals surface area contributed by atoms with Crippen LogP contribution in [0.1, 0.15) is 16.2 Å². The van der Waals surface area contributed by atoms with Gasteiger partial charge < -0.3 is 5.32 Å². The van der Waals surface area contributed by atoms with Crippen molar-refractivity contribution in [1.82, 2.24) is 20.2 Å². The quantitative estimate of drug-likeness (QED) is 0.265. The van der Waals surface area contributed by atoms with Crippen LogP contribution in [0.15, 0.2) is 83.8 Å². The van der Waals surface area contributed by atoms with Crippen molar-refractivity contribution in [2.24, 2.45) is 0 Å². The number of non-ortho nitro benzene ring substituents is 1. The normalized spacial score (nSPS) is 10.6. The molecular formula is C21H16N6O3S. The average molecular weight is 432 g/mol. The molecule has 1 aromatic heterocycles. The number of carbonyl (C=O) groups is 1. The van der Waals surface area contributed by atoms with E-state index in [-0.39, 0.29) is 11.6 Å². The molecule has 10 heteroatoms. The summed E-state index contributed by atoms with van der Waals surface area (Å²) in [4.78, 5) is 23.6. The molecule has 0 aliphatic rings. The van der Waals surface area contributed by atoms with E-state index >= 15 is 0 Å². The maximum absolute atomic E-state index is 12.4. The lowest BCUT2D eigenvalue weighted by Crippen LogP contribution is -2.11. The fourth-order valence-electron chi connectivity index (χ4n) is 2.81. The summed E-state index contributed by atoms with van der Waals surface area (Å²) < 4.78 is 1.69. The highest BCUT2D eigenvalue weighted by atomic mass is 32.2. The van der Waals surface area contributed by atoms with Gasteiger partial charge in [-0.2, -0.15) is 4.68 Å². The Kier molecular flexibility index (Phi) is 5.99. The van der Waals surface area contributed by atoms with Gasteiger partial charge in [0.1, 0.15) is 0 Å². The zero-order valence-corrected chi connectivity index (χ0v) is 16.9. The number of nitrogens with one attached hydrogen (secondary N) is 1. The lowest BCUT2D eigenvalue weighted by molar-refractivity contribution is -0.384. The molecule has 0 aliphatic carbocycles. The second-order valence-electron chi connectivity index (χ2n) is 6.42. The van der Waals surface area contributed by atoms with Crippen LogP contribution in [0.4, 0.5) is 11.4 Å². The Bertz CT molecular complexity index is 1210.